The van der Waals surface area contributed by atoms with Crippen molar-refractivity contribution in [3.63, 3.8) is 0 Å². The summed E-state index contributed by atoms with van der Waals surface area (Å²) >= 11 is 0. The second kappa shape index (κ2) is 2.82. The van der Waals surface area contributed by atoms with E-state index in [2.05, 4.69) is 5.10 Å². The summed E-state index contributed by atoms with van der Waals surface area (Å²) in [6.45, 7) is 3.41. The molecule has 54 valence electrons. The highest BCUT2D eigenvalue weighted by molar-refractivity contribution is 7.88. The molecule has 0 atom stereocenters. The lowest BCUT2D eigenvalue weighted by Gasteiger charge is -1.93. The van der Waals surface area contributed by atoms with Crippen molar-refractivity contribution < 1.29 is 8.42 Å². The van der Waals surface area contributed by atoms with Crippen LogP contribution in [0.3, 0.4) is 0 Å². The summed E-state index contributed by atoms with van der Waals surface area (Å²) in [6, 6.07) is 0. The van der Waals surface area contributed by atoms with Crippen LogP contribution < -0.4 is 4.83 Å². The normalized spacial score (nSPS) is 10.6. The zero-order chi connectivity index (χ0) is 7.49. The van der Waals surface area contributed by atoms with Crippen molar-refractivity contribution in [1.29, 1.82) is 0 Å². The van der Waals surface area contributed by atoms with Gasteiger partial charge in [-0.05, 0) is 13.8 Å². The van der Waals surface area contributed by atoms with Gasteiger partial charge in [-0.3, -0.25) is 0 Å². The van der Waals surface area contributed by atoms with E-state index in [1.807, 2.05) is 4.83 Å². The topological polar surface area (TPSA) is 58.5 Å². The molecule has 0 aromatic heterocycles. The molecule has 0 unspecified atom stereocenters. The van der Waals surface area contributed by atoms with Gasteiger partial charge in [-0.25, -0.2) is 13.2 Å². The van der Waals surface area contributed by atoms with Gasteiger partial charge in [-0.2, -0.15) is 5.10 Å². The highest BCUT2D eigenvalue weighted by atomic mass is 32.2. The smallest absolute Gasteiger partial charge is 0.206 e. The van der Waals surface area contributed by atoms with E-state index in [4.69, 9.17) is 0 Å². The maximum Gasteiger partial charge on any atom is 0.244 e. The molecule has 0 spiro atoms. The molecule has 0 bridgehead atoms. The average molecular weight is 150 g/mol. The van der Waals surface area contributed by atoms with E-state index in [0.717, 1.165) is 6.26 Å². The molecule has 0 heterocycles. The maximum atomic E-state index is 10.3. The number of hydrazone groups is 1. The summed E-state index contributed by atoms with van der Waals surface area (Å²) in [5, 5.41) is 3.47. The van der Waals surface area contributed by atoms with E-state index < -0.39 is 10.0 Å². The molecule has 5 heteroatoms. The number of rotatable bonds is 2. The van der Waals surface area contributed by atoms with Crippen LogP contribution in [-0.2, 0) is 10.0 Å². The SMILES string of the molecule is CC(C)=NNS(C)(=O)=O. The molecule has 0 rings (SSSR count). The first kappa shape index (κ1) is 8.42. The molecular weight excluding hydrogens is 140 g/mol. The van der Waals surface area contributed by atoms with Crippen LogP contribution in [-0.4, -0.2) is 20.4 Å². The molecule has 0 fully saturated rings. The van der Waals surface area contributed by atoms with Crippen LogP contribution in [0.15, 0.2) is 5.10 Å². The highest BCUT2D eigenvalue weighted by Gasteiger charge is 1.93. The molecule has 0 radical (unpaired) electrons. The molecular formula is C4H10N2O2S. The molecule has 0 amide bonds. The Kier molecular flexibility index (Phi) is 2.64. The minimum atomic E-state index is -3.16. The van der Waals surface area contributed by atoms with Crippen molar-refractivity contribution in [3.05, 3.63) is 0 Å². The third kappa shape index (κ3) is 7.42. The van der Waals surface area contributed by atoms with Gasteiger partial charge in [0.1, 0.15) is 0 Å². The number of hydrogen-bond acceptors (Lipinski definition) is 3. The van der Waals surface area contributed by atoms with Gasteiger partial charge in [0.05, 0.1) is 6.26 Å². The lowest BCUT2D eigenvalue weighted by Crippen LogP contribution is -2.16. The van der Waals surface area contributed by atoms with Gasteiger partial charge in [-0.1, -0.05) is 0 Å². The van der Waals surface area contributed by atoms with Crippen molar-refractivity contribution >= 4 is 15.7 Å². The zero-order valence-electron chi connectivity index (χ0n) is 5.67. The summed E-state index contributed by atoms with van der Waals surface area (Å²) < 4.78 is 20.6. The number of sulfonamides is 1. The van der Waals surface area contributed by atoms with Crippen molar-refractivity contribution in [2.45, 2.75) is 13.8 Å². The predicted octanol–water partition coefficient (Wildman–Crippen LogP) is -0.0686. The van der Waals surface area contributed by atoms with E-state index in [1.165, 1.54) is 0 Å². The molecule has 9 heavy (non-hydrogen) atoms. The number of hydrogen-bond donors (Lipinski definition) is 1. The van der Waals surface area contributed by atoms with E-state index in [0.29, 0.717) is 5.71 Å². The maximum absolute atomic E-state index is 10.3. The Labute approximate surface area is 55.0 Å². The Balaban J connectivity index is 3.95. The fourth-order valence-corrected chi connectivity index (χ4v) is 0.523. The quantitative estimate of drug-likeness (QED) is 0.442. The summed E-state index contributed by atoms with van der Waals surface area (Å²) in [7, 11) is -3.16. The molecule has 0 saturated carbocycles. The van der Waals surface area contributed by atoms with E-state index >= 15 is 0 Å². The first-order valence-corrected chi connectivity index (χ1v) is 4.28. The summed E-state index contributed by atoms with van der Waals surface area (Å²) in [4.78, 5) is 1.98. The molecule has 0 aromatic carbocycles. The monoisotopic (exact) mass is 150 g/mol. The van der Waals surface area contributed by atoms with Crippen molar-refractivity contribution in [2.24, 2.45) is 5.10 Å². The molecule has 0 aliphatic rings. The fourth-order valence-electron chi connectivity index (χ4n) is 0.174. The molecule has 4 nitrogen and oxygen atoms in total. The first-order chi connectivity index (χ1) is 3.92. The van der Waals surface area contributed by atoms with Crippen LogP contribution in [0.25, 0.3) is 0 Å². The standard InChI is InChI=1S/C4H10N2O2S/c1-4(2)5-6-9(3,7)8/h6H,1-3H3. The summed E-state index contributed by atoms with van der Waals surface area (Å²) in [6.07, 6.45) is 1.06. The third-order valence-corrected chi connectivity index (χ3v) is 0.858. The lowest BCUT2D eigenvalue weighted by atomic mass is 10.5. The van der Waals surface area contributed by atoms with Gasteiger partial charge in [0, 0.05) is 5.71 Å². The van der Waals surface area contributed by atoms with Crippen LogP contribution in [0.5, 0.6) is 0 Å². The zero-order valence-corrected chi connectivity index (χ0v) is 6.49. The van der Waals surface area contributed by atoms with Crippen LogP contribution in [0.1, 0.15) is 13.8 Å². The molecule has 1 N–H and O–H groups in total. The van der Waals surface area contributed by atoms with Crippen molar-refractivity contribution in [2.75, 3.05) is 6.26 Å². The van der Waals surface area contributed by atoms with Gasteiger partial charge < -0.3 is 0 Å². The minimum Gasteiger partial charge on any atom is -0.206 e. The number of nitrogens with zero attached hydrogens (tertiary/aromatic N) is 1. The Hall–Kier alpha value is -0.580. The minimum absolute atomic E-state index is 0.681. The van der Waals surface area contributed by atoms with E-state index in [9.17, 15) is 8.42 Å². The van der Waals surface area contributed by atoms with Gasteiger partial charge in [0.25, 0.3) is 0 Å². The first-order valence-electron chi connectivity index (χ1n) is 2.39. The number of nitrogens with one attached hydrogen (secondary N) is 1. The third-order valence-electron chi connectivity index (χ3n) is 0.435. The largest absolute Gasteiger partial charge is 0.244 e. The Morgan fingerprint density at radius 2 is 1.89 bits per heavy atom. The Bertz CT molecular complexity index is 201. The summed E-state index contributed by atoms with van der Waals surface area (Å²) in [5.41, 5.74) is 0.681. The Morgan fingerprint density at radius 1 is 1.44 bits per heavy atom. The molecule has 0 aromatic rings. The summed E-state index contributed by atoms with van der Waals surface area (Å²) in [5.74, 6) is 0. The second-order valence-corrected chi connectivity index (χ2v) is 3.65. The molecule has 0 saturated heterocycles. The van der Waals surface area contributed by atoms with Gasteiger partial charge in [-0.15, -0.1) is 0 Å². The van der Waals surface area contributed by atoms with Crippen LogP contribution in [0.4, 0.5) is 0 Å². The van der Waals surface area contributed by atoms with Crippen LogP contribution >= 0.6 is 0 Å². The van der Waals surface area contributed by atoms with Crippen molar-refractivity contribution in [1.82, 2.24) is 4.83 Å². The Morgan fingerprint density at radius 3 is 2.00 bits per heavy atom. The van der Waals surface area contributed by atoms with E-state index in [1.54, 1.807) is 13.8 Å². The van der Waals surface area contributed by atoms with Gasteiger partial charge in [0.15, 0.2) is 0 Å². The van der Waals surface area contributed by atoms with Crippen LogP contribution in [0.2, 0.25) is 0 Å². The average Bonchev–Trinajstić information content (AvgIpc) is 1.59. The molecule has 0 aliphatic carbocycles. The van der Waals surface area contributed by atoms with Crippen molar-refractivity contribution in [3.8, 4) is 0 Å². The molecule has 0 aliphatic heterocycles. The highest BCUT2D eigenvalue weighted by Crippen LogP contribution is 1.74. The van der Waals surface area contributed by atoms with Gasteiger partial charge in [0.2, 0.25) is 10.0 Å². The lowest BCUT2D eigenvalue weighted by molar-refractivity contribution is 0.590. The second-order valence-electron chi connectivity index (χ2n) is 1.92. The van der Waals surface area contributed by atoms with Crippen LogP contribution in [0, 0.1) is 0 Å². The van der Waals surface area contributed by atoms with Gasteiger partial charge >= 0.3 is 0 Å². The predicted molar refractivity (Wildman–Crippen MR) is 36.8 cm³/mol. The van der Waals surface area contributed by atoms with E-state index in [-0.39, 0.29) is 0 Å². The fraction of sp³-hybridized carbons (Fsp3) is 0.750.